The van der Waals surface area contributed by atoms with Crippen LogP contribution in [0.2, 0.25) is 0 Å². The van der Waals surface area contributed by atoms with Crippen LogP contribution < -0.4 is 0 Å². The molecule has 0 spiro atoms. The summed E-state index contributed by atoms with van der Waals surface area (Å²) in [6.07, 6.45) is 20.2. The number of hydrogen-bond donors (Lipinski definition) is 2. The summed E-state index contributed by atoms with van der Waals surface area (Å²) in [6, 6.07) is 5.16. The Kier molecular flexibility index (Phi) is 12.3. The second-order valence-electron chi connectivity index (χ2n) is 7.17. The molecule has 0 unspecified atom stereocenters. The number of benzene rings is 1. The molecule has 0 saturated heterocycles. The smallest absolute Gasteiger partial charge is 0.157 e. The predicted molar refractivity (Wildman–Crippen MR) is 104 cm³/mol. The van der Waals surface area contributed by atoms with Gasteiger partial charge in [0.25, 0.3) is 0 Å². The average Bonchev–Trinajstić information content (AvgIpc) is 2.58. The molecule has 0 aliphatic carbocycles. The Bertz CT molecular complexity index is 414. The lowest BCUT2D eigenvalue weighted by molar-refractivity contribution is 0.403. The van der Waals surface area contributed by atoms with Gasteiger partial charge in [-0.05, 0) is 30.5 Å². The molecule has 0 bridgehead atoms. The molecule has 1 rings (SSSR count). The van der Waals surface area contributed by atoms with Crippen LogP contribution in [0.25, 0.3) is 0 Å². The van der Waals surface area contributed by atoms with Crippen molar-refractivity contribution >= 4 is 0 Å². The lowest BCUT2D eigenvalue weighted by atomic mass is 10.0. The van der Waals surface area contributed by atoms with Gasteiger partial charge in [-0.2, -0.15) is 0 Å². The third-order valence-electron chi connectivity index (χ3n) is 4.86. The first-order valence-corrected chi connectivity index (χ1v) is 10.2. The summed E-state index contributed by atoms with van der Waals surface area (Å²) in [5, 5.41) is 18.8. The first kappa shape index (κ1) is 20.9. The van der Waals surface area contributed by atoms with Gasteiger partial charge >= 0.3 is 0 Å². The van der Waals surface area contributed by atoms with Gasteiger partial charge in [0.05, 0.1) is 0 Å². The van der Waals surface area contributed by atoms with Gasteiger partial charge in [-0.3, -0.25) is 0 Å². The molecule has 0 aliphatic rings. The largest absolute Gasteiger partial charge is 0.504 e. The van der Waals surface area contributed by atoms with Crippen molar-refractivity contribution < 1.29 is 10.2 Å². The van der Waals surface area contributed by atoms with Gasteiger partial charge in [-0.1, -0.05) is 96.5 Å². The molecule has 1 aromatic carbocycles. The van der Waals surface area contributed by atoms with E-state index in [1.54, 1.807) is 12.1 Å². The molecule has 0 radical (unpaired) electrons. The summed E-state index contributed by atoms with van der Waals surface area (Å²) in [5.41, 5.74) is 1.12. The van der Waals surface area contributed by atoms with Crippen LogP contribution in [0.5, 0.6) is 11.5 Å². The van der Waals surface area contributed by atoms with Crippen molar-refractivity contribution in [3.05, 3.63) is 23.8 Å². The fraction of sp³-hybridized carbons (Fsp3) is 0.727. The predicted octanol–water partition coefficient (Wildman–Crippen LogP) is 7.12. The van der Waals surface area contributed by atoms with Crippen molar-refractivity contribution in [2.75, 3.05) is 0 Å². The molecule has 0 amide bonds. The standard InChI is InChI=1S/C22H38O2/c1-2-3-4-5-6-7-8-9-10-11-12-13-14-15-16-20-17-18-21(23)22(24)19-20/h17-19,23-24H,2-16H2,1H3. The molecule has 0 fully saturated rings. The van der Waals surface area contributed by atoms with E-state index in [4.69, 9.17) is 0 Å². The van der Waals surface area contributed by atoms with Crippen LogP contribution in [0.3, 0.4) is 0 Å². The molecule has 24 heavy (non-hydrogen) atoms. The second kappa shape index (κ2) is 14.2. The normalized spacial score (nSPS) is 11.0. The van der Waals surface area contributed by atoms with Gasteiger partial charge in [-0.25, -0.2) is 0 Å². The lowest BCUT2D eigenvalue weighted by Crippen LogP contribution is -1.87. The molecule has 2 heteroatoms. The van der Waals surface area contributed by atoms with Crippen molar-refractivity contribution in [1.82, 2.24) is 0 Å². The van der Waals surface area contributed by atoms with Gasteiger partial charge in [-0.15, -0.1) is 0 Å². The Morgan fingerprint density at radius 3 is 1.50 bits per heavy atom. The van der Waals surface area contributed by atoms with Gasteiger partial charge in [0, 0.05) is 0 Å². The topological polar surface area (TPSA) is 40.5 Å². The summed E-state index contributed by atoms with van der Waals surface area (Å²) >= 11 is 0. The van der Waals surface area contributed by atoms with Crippen LogP contribution >= 0.6 is 0 Å². The molecule has 0 saturated carbocycles. The Hall–Kier alpha value is -1.18. The quantitative estimate of drug-likeness (QED) is 0.265. The van der Waals surface area contributed by atoms with Crippen molar-refractivity contribution in [3.63, 3.8) is 0 Å². The van der Waals surface area contributed by atoms with Crippen LogP contribution in [0, 0.1) is 0 Å². The van der Waals surface area contributed by atoms with E-state index < -0.39 is 0 Å². The number of phenolic OH excluding ortho intramolecular Hbond substituents is 2. The maximum Gasteiger partial charge on any atom is 0.157 e. The molecule has 2 N–H and O–H groups in total. The molecule has 138 valence electrons. The van der Waals surface area contributed by atoms with Gasteiger partial charge in [0.15, 0.2) is 11.5 Å². The monoisotopic (exact) mass is 334 g/mol. The fourth-order valence-corrected chi connectivity index (χ4v) is 3.25. The van der Waals surface area contributed by atoms with Crippen LogP contribution in [-0.4, -0.2) is 10.2 Å². The number of unbranched alkanes of at least 4 members (excludes halogenated alkanes) is 13. The fourth-order valence-electron chi connectivity index (χ4n) is 3.25. The maximum atomic E-state index is 9.47. The molecule has 0 heterocycles. The van der Waals surface area contributed by atoms with Crippen molar-refractivity contribution in [2.45, 2.75) is 103 Å². The van der Waals surface area contributed by atoms with E-state index >= 15 is 0 Å². The SMILES string of the molecule is CCCCCCCCCCCCCCCCc1ccc(O)c(O)c1. The minimum Gasteiger partial charge on any atom is -0.504 e. The van der Waals surface area contributed by atoms with Crippen LogP contribution in [0.15, 0.2) is 18.2 Å². The zero-order valence-electron chi connectivity index (χ0n) is 15.7. The summed E-state index contributed by atoms with van der Waals surface area (Å²) in [7, 11) is 0. The van der Waals surface area contributed by atoms with Crippen LogP contribution in [0.4, 0.5) is 0 Å². The van der Waals surface area contributed by atoms with Crippen molar-refractivity contribution in [1.29, 1.82) is 0 Å². The maximum absolute atomic E-state index is 9.47. The first-order valence-electron chi connectivity index (χ1n) is 10.2. The van der Waals surface area contributed by atoms with E-state index in [1.165, 1.54) is 89.9 Å². The third-order valence-corrected chi connectivity index (χ3v) is 4.86. The summed E-state index contributed by atoms with van der Waals surface area (Å²) < 4.78 is 0. The van der Waals surface area contributed by atoms with Gasteiger partial charge in [0.2, 0.25) is 0 Å². The van der Waals surface area contributed by atoms with E-state index in [-0.39, 0.29) is 11.5 Å². The highest BCUT2D eigenvalue weighted by Crippen LogP contribution is 2.25. The zero-order chi connectivity index (χ0) is 17.5. The molecule has 2 nitrogen and oxygen atoms in total. The zero-order valence-corrected chi connectivity index (χ0v) is 15.7. The van der Waals surface area contributed by atoms with Crippen LogP contribution in [-0.2, 0) is 6.42 Å². The van der Waals surface area contributed by atoms with E-state index in [0.717, 1.165) is 12.0 Å². The molecule has 0 aliphatic heterocycles. The average molecular weight is 335 g/mol. The highest BCUT2D eigenvalue weighted by molar-refractivity contribution is 5.40. The minimum atomic E-state index is -0.0280. The van der Waals surface area contributed by atoms with Gasteiger partial charge < -0.3 is 10.2 Å². The third kappa shape index (κ3) is 10.6. The second-order valence-corrected chi connectivity index (χ2v) is 7.17. The number of rotatable bonds is 15. The summed E-state index contributed by atoms with van der Waals surface area (Å²) in [6.45, 7) is 2.28. The van der Waals surface area contributed by atoms with Crippen LogP contribution in [0.1, 0.15) is 102 Å². The minimum absolute atomic E-state index is 0.00198. The molecule has 1 aromatic rings. The molecule has 0 atom stereocenters. The Balaban J connectivity index is 1.83. The molecular weight excluding hydrogens is 296 g/mol. The Labute approximate surface area is 149 Å². The van der Waals surface area contributed by atoms with E-state index in [0.29, 0.717) is 0 Å². The highest BCUT2D eigenvalue weighted by atomic mass is 16.3. The number of hydrogen-bond acceptors (Lipinski definition) is 2. The van der Waals surface area contributed by atoms with Gasteiger partial charge in [0.1, 0.15) is 0 Å². The molecule has 0 aromatic heterocycles. The summed E-state index contributed by atoms with van der Waals surface area (Å²) in [4.78, 5) is 0. The summed E-state index contributed by atoms with van der Waals surface area (Å²) in [5.74, 6) is -0.0300. The Morgan fingerprint density at radius 2 is 1.04 bits per heavy atom. The van der Waals surface area contributed by atoms with E-state index in [2.05, 4.69) is 6.92 Å². The first-order chi connectivity index (χ1) is 11.7. The highest BCUT2D eigenvalue weighted by Gasteiger charge is 2.00. The van der Waals surface area contributed by atoms with Crippen molar-refractivity contribution in [3.8, 4) is 11.5 Å². The number of phenols is 2. The number of aryl methyl sites for hydroxylation is 1. The lowest BCUT2D eigenvalue weighted by Gasteiger charge is -2.05. The molecular formula is C22H38O2. The van der Waals surface area contributed by atoms with Crippen molar-refractivity contribution in [2.24, 2.45) is 0 Å². The van der Waals surface area contributed by atoms with E-state index in [9.17, 15) is 10.2 Å². The van der Waals surface area contributed by atoms with E-state index in [1.807, 2.05) is 6.07 Å². The number of aromatic hydroxyl groups is 2. The Morgan fingerprint density at radius 1 is 0.583 bits per heavy atom.